The van der Waals surface area contributed by atoms with Gasteiger partial charge in [-0.1, -0.05) is 23.2 Å². The number of rotatable bonds is 4. The van der Waals surface area contributed by atoms with Crippen LogP contribution in [-0.4, -0.2) is 14.8 Å². The van der Waals surface area contributed by atoms with Crippen molar-refractivity contribution >= 4 is 50.2 Å². The Bertz CT molecular complexity index is 921. The molecule has 0 aliphatic rings. The van der Waals surface area contributed by atoms with Gasteiger partial charge in [-0.2, -0.15) is 5.26 Å². The van der Waals surface area contributed by atoms with E-state index in [4.69, 9.17) is 28.5 Å². The Kier molecular flexibility index (Phi) is 5.19. The second-order valence-corrected chi connectivity index (χ2v) is 8.10. The summed E-state index contributed by atoms with van der Waals surface area (Å²) in [7, 11) is -4.31. The van der Waals surface area contributed by atoms with Crippen molar-refractivity contribution in [2.75, 3.05) is 4.72 Å². The molecule has 0 saturated heterocycles. The molecule has 0 amide bonds. The van der Waals surface area contributed by atoms with Gasteiger partial charge in [0, 0.05) is 6.07 Å². The third-order valence-electron chi connectivity index (χ3n) is 2.50. The quantitative estimate of drug-likeness (QED) is 0.787. The summed E-state index contributed by atoms with van der Waals surface area (Å²) in [6.07, 6.45) is -5.07. The van der Waals surface area contributed by atoms with Gasteiger partial charge in [0.05, 0.1) is 21.7 Å². The fraction of sp³-hybridized carbons (Fsp3) is 0.0833. The van der Waals surface area contributed by atoms with Crippen molar-refractivity contribution in [3.8, 4) is 11.8 Å². The summed E-state index contributed by atoms with van der Waals surface area (Å²) in [5.41, 5.74) is -0.654. The van der Waals surface area contributed by atoms with Crippen molar-refractivity contribution in [2.45, 2.75) is 11.3 Å². The molecule has 0 fully saturated rings. The molecule has 0 radical (unpaired) electrons. The number of hydrogen-bond donors (Lipinski definition) is 1. The molecule has 0 aliphatic carbocycles. The number of anilines is 1. The van der Waals surface area contributed by atoms with Crippen molar-refractivity contribution in [1.29, 1.82) is 5.26 Å². The highest BCUT2D eigenvalue weighted by molar-refractivity contribution is 7.93. The topological polar surface area (TPSA) is 79.2 Å². The lowest BCUT2D eigenvalue weighted by molar-refractivity contribution is -0.274. The largest absolute Gasteiger partial charge is 0.573 e. The molecule has 1 N–H and O–H groups in total. The first-order valence-electron chi connectivity index (χ1n) is 5.79. The summed E-state index contributed by atoms with van der Waals surface area (Å²) < 4.78 is 67.5. The molecule has 0 aliphatic heterocycles. The van der Waals surface area contributed by atoms with Gasteiger partial charge < -0.3 is 4.74 Å². The number of thiophene rings is 1. The van der Waals surface area contributed by atoms with Crippen molar-refractivity contribution in [1.82, 2.24) is 0 Å². The van der Waals surface area contributed by atoms with Crippen LogP contribution in [0.3, 0.4) is 0 Å². The van der Waals surface area contributed by atoms with Crippen LogP contribution in [0.5, 0.6) is 5.75 Å². The van der Waals surface area contributed by atoms with E-state index in [1.807, 2.05) is 4.72 Å². The first kappa shape index (κ1) is 18.7. The Morgan fingerprint density at radius 2 is 1.92 bits per heavy atom. The number of hydrogen-bond acceptors (Lipinski definition) is 5. The van der Waals surface area contributed by atoms with Gasteiger partial charge in [-0.25, -0.2) is 8.42 Å². The summed E-state index contributed by atoms with van der Waals surface area (Å²) in [6.45, 7) is 0. The minimum absolute atomic E-state index is 0.0898. The minimum Gasteiger partial charge on any atom is -0.403 e. The number of nitrogens with zero attached hydrogens (tertiary/aromatic N) is 1. The van der Waals surface area contributed by atoms with Gasteiger partial charge in [-0.3, -0.25) is 4.72 Å². The van der Waals surface area contributed by atoms with E-state index in [2.05, 4.69) is 4.74 Å². The monoisotopic (exact) mass is 416 g/mol. The summed E-state index contributed by atoms with van der Waals surface area (Å²) in [6, 6.07) is 5.54. The van der Waals surface area contributed by atoms with Crippen LogP contribution in [-0.2, 0) is 10.0 Å². The molecule has 0 bridgehead atoms. The molecule has 2 rings (SSSR count). The lowest BCUT2D eigenvalue weighted by Gasteiger charge is -2.15. The van der Waals surface area contributed by atoms with E-state index in [9.17, 15) is 21.6 Å². The number of nitriles is 1. The predicted octanol–water partition coefficient (Wildman–Crippen LogP) is 4.63. The van der Waals surface area contributed by atoms with Crippen LogP contribution in [0.1, 0.15) is 5.56 Å². The van der Waals surface area contributed by atoms with Gasteiger partial charge in [0.15, 0.2) is 5.75 Å². The Morgan fingerprint density at radius 1 is 1.25 bits per heavy atom. The van der Waals surface area contributed by atoms with Gasteiger partial charge in [0.25, 0.3) is 10.0 Å². The highest BCUT2D eigenvalue weighted by Crippen LogP contribution is 2.37. The highest BCUT2D eigenvalue weighted by atomic mass is 35.5. The molecule has 1 aromatic heterocycles. The normalized spacial score (nSPS) is 11.8. The van der Waals surface area contributed by atoms with E-state index >= 15 is 0 Å². The maximum absolute atomic E-state index is 12.5. The second-order valence-electron chi connectivity index (χ2n) is 4.16. The maximum Gasteiger partial charge on any atom is 0.573 e. The van der Waals surface area contributed by atoms with Gasteiger partial charge in [-0.15, -0.1) is 24.5 Å². The zero-order valence-corrected chi connectivity index (χ0v) is 14.3. The first-order chi connectivity index (χ1) is 11.0. The van der Waals surface area contributed by atoms with Crippen molar-refractivity contribution in [3.63, 3.8) is 0 Å². The Hall–Kier alpha value is -1.67. The zero-order chi connectivity index (χ0) is 18.1. The summed E-state index contributed by atoms with van der Waals surface area (Å²) >= 11 is 12.2. The van der Waals surface area contributed by atoms with Gasteiger partial charge >= 0.3 is 6.36 Å². The molecule has 12 heteroatoms. The molecule has 1 aromatic carbocycles. The summed E-state index contributed by atoms with van der Waals surface area (Å²) in [5.74, 6) is -0.873. The van der Waals surface area contributed by atoms with Crippen LogP contribution in [0.15, 0.2) is 29.2 Å². The average molecular weight is 417 g/mol. The SMILES string of the molecule is N#Cc1ccc(NS(=O)(=O)c2cc(Cl)sc2Cl)c(OC(F)(F)F)c1. The van der Waals surface area contributed by atoms with E-state index in [1.165, 1.54) is 0 Å². The standard InChI is InChI=1S/C12H5Cl2F3N2O3S2/c13-10-4-9(11(14)23-10)24(20,21)19-7-2-1-6(5-18)3-8(7)22-12(15,16)17/h1-4,19H. The number of alkyl halides is 3. The Morgan fingerprint density at radius 3 is 2.42 bits per heavy atom. The third-order valence-corrected chi connectivity index (χ3v) is 5.61. The minimum atomic E-state index is -5.07. The van der Waals surface area contributed by atoms with Crippen LogP contribution < -0.4 is 9.46 Å². The molecule has 5 nitrogen and oxygen atoms in total. The van der Waals surface area contributed by atoms with Crippen molar-refractivity contribution in [3.05, 3.63) is 38.5 Å². The molecule has 0 spiro atoms. The average Bonchev–Trinajstić information content (AvgIpc) is 2.78. The van der Waals surface area contributed by atoms with Crippen LogP contribution in [0.25, 0.3) is 0 Å². The highest BCUT2D eigenvalue weighted by Gasteiger charge is 2.33. The van der Waals surface area contributed by atoms with E-state index < -0.39 is 27.8 Å². The van der Waals surface area contributed by atoms with Crippen LogP contribution >= 0.6 is 34.5 Å². The van der Waals surface area contributed by atoms with Crippen molar-refractivity contribution in [2.24, 2.45) is 0 Å². The van der Waals surface area contributed by atoms with E-state index in [0.717, 1.165) is 35.6 Å². The second kappa shape index (κ2) is 6.68. The number of ether oxygens (including phenoxy) is 1. The third kappa shape index (κ3) is 4.45. The summed E-state index contributed by atoms with van der Waals surface area (Å²) in [5, 5.41) is 8.74. The number of benzene rings is 1. The molecule has 1 heterocycles. The van der Waals surface area contributed by atoms with Crippen LogP contribution in [0.2, 0.25) is 8.67 Å². The number of sulfonamides is 1. The number of halogens is 5. The smallest absolute Gasteiger partial charge is 0.403 e. The van der Waals surface area contributed by atoms with E-state index in [1.54, 1.807) is 6.07 Å². The fourth-order valence-corrected chi connectivity index (χ4v) is 4.81. The molecule has 2 aromatic rings. The van der Waals surface area contributed by atoms with Crippen LogP contribution in [0, 0.1) is 11.3 Å². The van der Waals surface area contributed by atoms with Crippen molar-refractivity contribution < 1.29 is 26.3 Å². The van der Waals surface area contributed by atoms with E-state index in [-0.39, 0.29) is 19.1 Å². The molecule has 128 valence electrons. The fourth-order valence-electron chi connectivity index (χ4n) is 1.59. The molecular weight excluding hydrogens is 412 g/mol. The molecule has 0 saturated carbocycles. The van der Waals surface area contributed by atoms with E-state index in [0.29, 0.717) is 0 Å². The Balaban J connectivity index is 2.45. The Labute approximate surface area is 148 Å². The van der Waals surface area contributed by atoms with Crippen LogP contribution in [0.4, 0.5) is 18.9 Å². The zero-order valence-electron chi connectivity index (χ0n) is 11.2. The molecule has 0 atom stereocenters. The predicted molar refractivity (Wildman–Crippen MR) is 83.0 cm³/mol. The first-order valence-corrected chi connectivity index (χ1v) is 8.85. The van der Waals surface area contributed by atoms with Gasteiger partial charge in [-0.05, 0) is 18.2 Å². The maximum atomic E-state index is 12.5. The molecular formula is C12H5Cl2F3N2O3S2. The number of nitrogens with one attached hydrogen (secondary N) is 1. The lowest BCUT2D eigenvalue weighted by Crippen LogP contribution is -2.20. The molecule has 0 unspecified atom stereocenters. The molecule has 24 heavy (non-hydrogen) atoms. The van der Waals surface area contributed by atoms with Gasteiger partial charge in [0.1, 0.15) is 9.23 Å². The summed E-state index contributed by atoms with van der Waals surface area (Å²) in [4.78, 5) is -0.388. The van der Waals surface area contributed by atoms with Gasteiger partial charge in [0.2, 0.25) is 0 Å². The lowest BCUT2D eigenvalue weighted by atomic mass is 10.2.